The minimum absolute atomic E-state index is 0.579. The van der Waals surface area contributed by atoms with Gasteiger partial charge < -0.3 is 5.32 Å². The standard InChI is InChI=1S/C11H22N2/c1-2-3-8-13-9-4-5-11(13)6-7-12-10-11/h12H,2-10H2,1H3. The molecule has 0 bridgehead atoms. The molecule has 2 aliphatic rings. The van der Waals surface area contributed by atoms with Gasteiger partial charge in [-0.15, -0.1) is 0 Å². The molecule has 1 spiro atoms. The SMILES string of the molecule is CCCCN1CCCC12CCNC2. The van der Waals surface area contributed by atoms with E-state index in [9.17, 15) is 0 Å². The Balaban J connectivity index is 1.93. The van der Waals surface area contributed by atoms with Gasteiger partial charge in [0.25, 0.3) is 0 Å². The van der Waals surface area contributed by atoms with Crippen LogP contribution in [0.15, 0.2) is 0 Å². The molecule has 2 heterocycles. The van der Waals surface area contributed by atoms with Gasteiger partial charge in [0.05, 0.1) is 0 Å². The van der Waals surface area contributed by atoms with Crippen LogP contribution in [0.2, 0.25) is 0 Å². The molecule has 0 aromatic heterocycles. The van der Waals surface area contributed by atoms with Crippen molar-refractivity contribution >= 4 is 0 Å². The Morgan fingerprint density at radius 1 is 1.38 bits per heavy atom. The highest BCUT2D eigenvalue weighted by Crippen LogP contribution is 2.34. The molecule has 0 saturated carbocycles. The van der Waals surface area contributed by atoms with Crippen molar-refractivity contribution in [2.24, 2.45) is 0 Å². The molecular formula is C11H22N2. The Labute approximate surface area is 81.7 Å². The number of likely N-dealkylation sites (tertiary alicyclic amines) is 1. The van der Waals surface area contributed by atoms with Crippen LogP contribution in [-0.4, -0.2) is 36.6 Å². The average Bonchev–Trinajstić information content (AvgIpc) is 2.75. The summed E-state index contributed by atoms with van der Waals surface area (Å²) in [6, 6.07) is 0. The number of hydrogen-bond acceptors (Lipinski definition) is 2. The maximum Gasteiger partial charge on any atom is 0.0346 e. The van der Waals surface area contributed by atoms with E-state index in [0.717, 1.165) is 0 Å². The van der Waals surface area contributed by atoms with Gasteiger partial charge in [-0.2, -0.15) is 0 Å². The molecule has 2 nitrogen and oxygen atoms in total. The first-order chi connectivity index (χ1) is 6.37. The molecule has 0 aliphatic carbocycles. The van der Waals surface area contributed by atoms with Crippen LogP contribution in [0.3, 0.4) is 0 Å². The molecule has 2 fully saturated rings. The van der Waals surface area contributed by atoms with Crippen LogP contribution in [0.4, 0.5) is 0 Å². The van der Waals surface area contributed by atoms with Crippen LogP contribution in [0.1, 0.15) is 39.0 Å². The third-order valence-corrected chi connectivity index (χ3v) is 3.74. The summed E-state index contributed by atoms with van der Waals surface area (Å²) in [5, 5.41) is 3.52. The summed E-state index contributed by atoms with van der Waals surface area (Å²) < 4.78 is 0. The highest BCUT2D eigenvalue weighted by molar-refractivity contribution is 5.01. The smallest absolute Gasteiger partial charge is 0.0346 e. The maximum atomic E-state index is 3.52. The molecule has 1 atom stereocenters. The van der Waals surface area contributed by atoms with Gasteiger partial charge in [0.15, 0.2) is 0 Å². The molecule has 2 heteroatoms. The molecule has 2 rings (SSSR count). The van der Waals surface area contributed by atoms with E-state index in [-0.39, 0.29) is 0 Å². The Kier molecular flexibility index (Phi) is 2.89. The van der Waals surface area contributed by atoms with E-state index in [1.165, 1.54) is 58.3 Å². The van der Waals surface area contributed by atoms with Gasteiger partial charge in [-0.1, -0.05) is 13.3 Å². The summed E-state index contributed by atoms with van der Waals surface area (Å²) in [5.74, 6) is 0. The van der Waals surface area contributed by atoms with Crippen molar-refractivity contribution in [3.05, 3.63) is 0 Å². The fraction of sp³-hybridized carbons (Fsp3) is 1.00. The normalized spacial score (nSPS) is 34.8. The minimum Gasteiger partial charge on any atom is -0.315 e. The van der Waals surface area contributed by atoms with Crippen molar-refractivity contribution in [2.45, 2.75) is 44.6 Å². The van der Waals surface area contributed by atoms with E-state index in [2.05, 4.69) is 17.1 Å². The van der Waals surface area contributed by atoms with Gasteiger partial charge in [-0.3, -0.25) is 4.90 Å². The molecule has 0 amide bonds. The number of unbranched alkanes of at least 4 members (excludes halogenated alkanes) is 1. The van der Waals surface area contributed by atoms with Gasteiger partial charge in [0, 0.05) is 12.1 Å². The van der Waals surface area contributed by atoms with E-state index in [1.807, 2.05) is 0 Å². The minimum atomic E-state index is 0.579. The zero-order valence-electron chi connectivity index (χ0n) is 8.81. The summed E-state index contributed by atoms with van der Waals surface area (Å²) in [7, 11) is 0. The Bertz CT molecular complexity index is 156. The third-order valence-electron chi connectivity index (χ3n) is 3.74. The van der Waals surface area contributed by atoms with Gasteiger partial charge in [0.2, 0.25) is 0 Å². The second-order valence-electron chi connectivity index (χ2n) is 4.60. The number of rotatable bonds is 3. The van der Waals surface area contributed by atoms with Gasteiger partial charge >= 0.3 is 0 Å². The summed E-state index contributed by atoms with van der Waals surface area (Å²) in [5.41, 5.74) is 0.579. The van der Waals surface area contributed by atoms with Crippen molar-refractivity contribution in [2.75, 3.05) is 26.2 Å². The highest BCUT2D eigenvalue weighted by atomic mass is 15.3. The summed E-state index contributed by atoms with van der Waals surface area (Å²) in [6.45, 7) is 7.45. The first kappa shape index (κ1) is 9.47. The zero-order chi connectivity index (χ0) is 9.15. The molecule has 13 heavy (non-hydrogen) atoms. The molecule has 0 radical (unpaired) electrons. The zero-order valence-corrected chi connectivity index (χ0v) is 8.81. The van der Waals surface area contributed by atoms with Gasteiger partial charge in [0.1, 0.15) is 0 Å². The van der Waals surface area contributed by atoms with Crippen molar-refractivity contribution in [3.63, 3.8) is 0 Å². The predicted molar refractivity (Wildman–Crippen MR) is 55.9 cm³/mol. The molecule has 76 valence electrons. The van der Waals surface area contributed by atoms with Crippen LogP contribution in [0, 0.1) is 0 Å². The molecule has 2 saturated heterocycles. The number of nitrogens with one attached hydrogen (secondary N) is 1. The van der Waals surface area contributed by atoms with E-state index in [4.69, 9.17) is 0 Å². The van der Waals surface area contributed by atoms with Crippen molar-refractivity contribution < 1.29 is 0 Å². The van der Waals surface area contributed by atoms with Crippen molar-refractivity contribution in [3.8, 4) is 0 Å². The van der Waals surface area contributed by atoms with Crippen LogP contribution < -0.4 is 5.32 Å². The molecule has 0 aromatic carbocycles. The van der Waals surface area contributed by atoms with Crippen LogP contribution in [-0.2, 0) is 0 Å². The maximum absolute atomic E-state index is 3.52. The lowest BCUT2D eigenvalue weighted by atomic mass is 9.95. The average molecular weight is 182 g/mol. The molecular weight excluding hydrogens is 160 g/mol. The van der Waals surface area contributed by atoms with Crippen LogP contribution in [0.25, 0.3) is 0 Å². The number of nitrogens with zero attached hydrogens (tertiary/aromatic N) is 1. The first-order valence-electron chi connectivity index (χ1n) is 5.83. The molecule has 0 aromatic rings. The van der Waals surface area contributed by atoms with E-state index < -0.39 is 0 Å². The first-order valence-corrected chi connectivity index (χ1v) is 5.83. The third kappa shape index (κ3) is 1.75. The Morgan fingerprint density at radius 2 is 2.31 bits per heavy atom. The lowest BCUT2D eigenvalue weighted by molar-refractivity contribution is 0.154. The lowest BCUT2D eigenvalue weighted by Crippen LogP contribution is -2.45. The number of hydrogen-bond donors (Lipinski definition) is 1. The monoisotopic (exact) mass is 182 g/mol. The molecule has 1 unspecified atom stereocenters. The fourth-order valence-corrected chi connectivity index (χ4v) is 2.91. The molecule has 1 N–H and O–H groups in total. The van der Waals surface area contributed by atoms with Gasteiger partial charge in [-0.25, -0.2) is 0 Å². The van der Waals surface area contributed by atoms with Gasteiger partial charge in [-0.05, 0) is 45.3 Å². The Morgan fingerprint density at radius 3 is 3.00 bits per heavy atom. The largest absolute Gasteiger partial charge is 0.315 e. The quantitative estimate of drug-likeness (QED) is 0.713. The molecule has 2 aliphatic heterocycles. The topological polar surface area (TPSA) is 15.3 Å². The summed E-state index contributed by atoms with van der Waals surface area (Å²) >= 11 is 0. The Hall–Kier alpha value is -0.0800. The van der Waals surface area contributed by atoms with E-state index in [1.54, 1.807) is 0 Å². The van der Waals surface area contributed by atoms with Crippen molar-refractivity contribution in [1.82, 2.24) is 10.2 Å². The summed E-state index contributed by atoms with van der Waals surface area (Å²) in [6.07, 6.45) is 6.95. The second-order valence-corrected chi connectivity index (χ2v) is 4.60. The second kappa shape index (κ2) is 3.97. The lowest BCUT2D eigenvalue weighted by Gasteiger charge is -2.34. The van der Waals surface area contributed by atoms with Crippen LogP contribution in [0.5, 0.6) is 0 Å². The predicted octanol–water partition coefficient (Wildman–Crippen LogP) is 1.61. The highest BCUT2D eigenvalue weighted by Gasteiger charge is 2.42. The fourth-order valence-electron chi connectivity index (χ4n) is 2.91. The van der Waals surface area contributed by atoms with Crippen molar-refractivity contribution in [1.29, 1.82) is 0 Å². The van der Waals surface area contributed by atoms with E-state index >= 15 is 0 Å². The summed E-state index contributed by atoms with van der Waals surface area (Å²) in [4.78, 5) is 2.75. The van der Waals surface area contributed by atoms with E-state index in [0.29, 0.717) is 5.54 Å². The van der Waals surface area contributed by atoms with Crippen LogP contribution >= 0.6 is 0 Å².